The van der Waals surface area contributed by atoms with E-state index in [1.807, 2.05) is 0 Å². The molecule has 0 saturated carbocycles. The summed E-state index contributed by atoms with van der Waals surface area (Å²) in [5.74, 6) is -1.30. The molecule has 1 aromatic rings. The molecule has 1 aliphatic rings. The van der Waals surface area contributed by atoms with Crippen molar-refractivity contribution >= 4 is 17.8 Å². The van der Waals surface area contributed by atoms with Gasteiger partial charge in [-0.15, -0.1) is 0 Å². The molecule has 0 radical (unpaired) electrons. The first-order valence-corrected chi connectivity index (χ1v) is 8.00. The number of Topliss-reactive ketones (excluding diaryl/α,β-unsaturated/α-hetero) is 1. The maximum absolute atomic E-state index is 12.3. The summed E-state index contributed by atoms with van der Waals surface area (Å²) < 4.78 is 5.26. The number of carbonyl (C=O) groups excluding carboxylic acids is 2. The third-order valence-electron chi connectivity index (χ3n) is 3.84. The number of ketones is 1. The van der Waals surface area contributed by atoms with Crippen LogP contribution in [0.1, 0.15) is 54.9 Å². The minimum Gasteiger partial charge on any atom is -0.508 e. The Morgan fingerprint density at radius 1 is 1.21 bits per heavy atom. The van der Waals surface area contributed by atoms with E-state index in [4.69, 9.17) is 4.74 Å². The SMILES string of the molecule is C[C@H]1C[C@@H](O)CC(=O)CCC/C=C/c2cc(O)cc(O)c2C(=O)O1. The van der Waals surface area contributed by atoms with Crippen LogP contribution in [-0.2, 0) is 9.53 Å². The molecule has 2 atom stereocenters. The van der Waals surface area contributed by atoms with Crippen LogP contribution in [0.15, 0.2) is 18.2 Å². The number of rotatable bonds is 0. The molecule has 6 heteroatoms. The standard InChI is InChI=1S/C18H22O6/c1-11-7-14(20)9-13(19)6-4-2-3-5-12-8-15(21)10-16(22)17(12)18(23)24-11/h3,5,8,10-11,14,20-22H,2,4,6-7,9H2,1H3/b5-3+/t11-,14+/m0/s1. The predicted molar refractivity (Wildman–Crippen MR) is 87.8 cm³/mol. The lowest BCUT2D eigenvalue weighted by atomic mass is 10.0. The van der Waals surface area contributed by atoms with Gasteiger partial charge in [-0.05, 0) is 31.4 Å². The Morgan fingerprint density at radius 3 is 2.71 bits per heavy atom. The zero-order valence-corrected chi connectivity index (χ0v) is 13.6. The van der Waals surface area contributed by atoms with Gasteiger partial charge in [0.2, 0.25) is 0 Å². The Bertz CT molecular complexity index is 649. The van der Waals surface area contributed by atoms with Crippen molar-refractivity contribution in [1.82, 2.24) is 0 Å². The molecule has 24 heavy (non-hydrogen) atoms. The zero-order chi connectivity index (χ0) is 17.7. The number of ether oxygens (including phenoxy) is 1. The van der Waals surface area contributed by atoms with Gasteiger partial charge >= 0.3 is 5.97 Å². The van der Waals surface area contributed by atoms with Crippen LogP contribution in [0.25, 0.3) is 6.08 Å². The highest BCUT2D eigenvalue weighted by molar-refractivity contribution is 5.97. The fourth-order valence-electron chi connectivity index (χ4n) is 2.74. The van der Waals surface area contributed by atoms with E-state index >= 15 is 0 Å². The topological polar surface area (TPSA) is 104 Å². The molecule has 0 aromatic heterocycles. The molecule has 0 aliphatic carbocycles. The normalized spacial score (nSPS) is 24.6. The van der Waals surface area contributed by atoms with Crippen LogP contribution in [0.4, 0.5) is 0 Å². The first-order chi connectivity index (χ1) is 11.4. The molecule has 0 amide bonds. The average molecular weight is 334 g/mol. The Kier molecular flexibility index (Phi) is 5.98. The van der Waals surface area contributed by atoms with Crippen LogP contribution in [0.2, 0.25) is 0 Å². The molecule has 130 valence electrons. The number of aliphatic hydroxyl groups is 1. The van der Waals surface area contributed by atoms with E-state index in [9.17, 15) is 24.9 Å². The largest absolute Gasteiger partial charge is 0.508 e. The number of carbonyl (C=O) groups is 2. The number of esters is 1. The highest BCUT2D eigenvalue weighted by Gasteiger charge is 2.22. The number of aliphatic hydroxyl groups excluding tert-OH is 1. The second-order valence-electron chi connectivity index (χ2n) is 6.07. The number of phenolic OH excluding ortho intramolecular Hbond substituents is 2. The molecule has 6 nitrogen and oxygen atoms in total. The molecule has 2 rings (SSSR count). The number of allylic oxidation sites excluding steroid dienone is 1. The van der Waals surface area contributed by atoms with Crippen LogP contribution < -0.4 is 0 Å². The predicted octanol–water partition coefficient (Wildman–Crippen LogP) is 2.55. The molecule has 0 bridgehead atoms. The Hall–Kier alpha value is -2.34. The smallest absolute Gasteiger partial charge is 0.342 e. The second kappa shape index (κ2) is 7.97. The van der Waals surface area contributed by atoms with E-state index in [2.05, 4.69) is 0 Å². The third-order valence-corrected chi connectivity index (χ3v) is 3.84. The summed E-state index contributed by atoms with van der Waals surface area (Å²) in [7, 11) is 0. The highest BCUT2D eigenvalue weighted by Crippen LogP contribution is 2.30. The van der Waals surface area contributed by atoms with Crippen molar-refractivity contribution in [3.8, 4) is 11.5 Å². The zero-order valence-electron chi connectivity index (χ0n) is 13.6. The average Bonchev–Trinajstić information content (AvgIpc) is 2.44. The lowest BCUT2D eigenvalue weighted by Gasteiger charge is -2.18. The van der Waals surface area contributed by atoms with Gasteiger partial charge in [0.1, 0.15) is 28.9 Å². The third kappa shape index (κ3) is 4.83. The van der Waals surface area contributed by atoms with Crippen molar-refractivity contribution in [2.24, 2.45) is 0 Å². The first-order valence-electron chi connectivity index (χ1n) is 8.00. The monoisotopic (exact) mass is 334 g/mol. The van der Waals surface area contributed by atoms with Crippen molar-refractivity contribution in [2.75, 3.05) is 0 Å². The number of benzene rings is 1. The van der Waals surface area contributed by atoms with E-state index in [0.717, 1.165) is 6.07 Å². The fourth-order valence-corrected chi connectivity index (χ4v) is 2.74. The molecule has 1 aliphatic heterocycles. The van der Waals surface area contributed by atoms with Crippen molar-refractivity contribution < 1.29 is 29.6 Å². The Labute approximate surface area is 140 Å². The van der Waals surface area contributed by atoms with Gasteiger partial charge in [0.25, 0.3) is 0 Å². The Balaban J connectivity index is 2.34. The number of aromatic hydroxyl groups is 2. The number of hydrogen-bond acceptors (Lipinski definition) is 6. The van der Waals surface area contributed by atoms with Gasteiger partial charge in [-0.1, -0.05) is 12.2 Å². The molecule has 1 heterocycles. The van der Waals surface area contributed by atoms with Crippen LogP contribution in [0, 0.1) is 0 Å². The molecule has 0 saturated heterocycles. The number of phenols is 2. The van der Waals surface area contributed by atoms with Gasteiger partial charge in [0, 0.05) is 25.3 Å². The van der Waals surface area contributed by atoms with Gasteiger partial charge in [-0.2, -0.15) is 0 Å². The van der Waals surface area contributed by atoms with E-state index in [1.165, 1.54) is 6.07 Å². The van der Waals surface area contributed by atoms with E-state index in [-0.39, 0.29) is 35.7 Å². The van der Waals surface area contributed by atoms with E-state index in [1.54, 1.807) is 19.1 Å². The van der Waals surface area contributed by atoms with Crippen LogP contribution in [0.3, 0.4) is 0 Å². The number of cyclic esters (lactones) is 1. The number of hydrogen-bond donors (Lipinski definition) is 3. The van der Waals surface area contributed by atoms with Gasteiger partial charge in [0.05, 0.1) is 6.10 Å². The first kappa shape index (κ1) is 18.0. The van der Waals surface area contributed by atoms with Gasteiger partial charge in [-0.25, -0.2) is 4.79 Å². The summed E-state index contributed by atoms with van der Waals surface area (Å²) in [4.78, 5) is 24.1. The van der Waals surface area contributed by atoms with Crippen molar-refractivity contribution in [3.05, 3.63) is 29.3 Å². The summed E-state index contributed by atoms with van der Waals surface area (Å²) in [6.45, 7) is 1.62. The maximum atomic E-state index is 12.3. The number of fused-ring (bicyclic) bond motifs is 1. The van der Waals surface area contributed by atoms with E-state index in [0.29, 0.717) is 24.8 Å². The molecule has 3 N–H and O–H groups in total. The molecular weight excluding hydrogens is 312 g/mol. The summed E-state index contributed by atoms with van der Waals surface area (Å²) in [5, 5.41) is 29.5. The van der Waals surface area contributed by atoms with Crippen molar-refractivity contribution in [3.63, 3.8) is 0 Å². The van der Waals surface area contributed by atoms with Crippen LogP contribution >= 0.6 is 0 Å². The highest BCUT2D eigenvalue weighted by atomic mass is 16.5. The Morgan fingerprint density at radius 2 is 1.96 bits per heavy atom. The molecule has 0 fully saturated rings. The summed E-state index contributed by atoms with van der Waals surface area (Å²) in [6, 6.07) is 2.44. The van der Waals surface area contributed by atoms with Crippen molar-refractivity contribution in [2.45, 2.75) is 51.2 Å². The molecule has 0 spiro atoms. The fraction of sp³-hybridized carbons (Fsp3) is 0.444. The van der Waals surface area contributed by atoms with Crippen LogP contribution in [0.5, 0.6) is 11.5 Å². The molecule has 0 unspecified atom stereocenters. The molecule has 1 aromatic carbocycles. The van der Waals surface area contributed by atoms with Crippen molar-refractivity contribution in [1.29, 1.82) is 0 Å². The van der Waals surface area contributed by atoms with Gasteiger partial charge < -0.3 is 20.1 Å². The summed E-state index contributed by atoms with van der Waals surface area (Å²) in [6.07, 6.45) is 3.68. The maximum Gasteiger partial charge on any atom is 0.342 e. The quantitative estimate of drug-likeness (QED) is 0.630. The lowest BCUT2D eigenvalue weighted by molar-refractivity contribution is -0.121. The summed E-state index contributed by atoms with van der Waals surface area (Å²) in [5.41, 5.74) is 0.312. The second-order valence-corrected chi connectivity index (χ2v) is 6.07. The van der Waals surface area contributed by atoms with Gasteiger partial charge in [0.15, 0.2) is 0 Å². The minimum atomic E-state index is -0.869. The summed E-state index contributed by atoms with van der Waals surface area (Å²) >= 11 is 0. The molecular formula is C18H22O6. The van der Waals surface area contributed by atoms with Crippen LogP contribution in [-0.4, -0.2) is 39.3 Å². The minimum absolute atomic E-state index is 0.0258. The van der Waals surface area contributed by atoms with Gasteiger partial charge in [-0.3, -0.25) is 4.79 Å². The lowest BCUT2D eigenvalue weighted by Crippen LogP contribution is -2.23. The van der Waals surface area contributed by atoms with E-state index < -0.39 is 18.2 Å².